The van der Waals surface area contributed by atoms with Crippen LogP contribution in [-0.4, -0.2) is 24.7 Å². The summed E-state index contributed by atoms with van der Waals surface area (Å²) in [5, 5.41) is 0. The van der Waals surface area contributed by atoms with E-state index >= 15 is 0 Å². The van der Waals surface area contributed by atoms with E-state index in [0.717, 1.165) is 0 Å². The minimum Gasteiger partial charge on any atom is -0.327 e. The summed E-state index contributed by atoms with van der Waals surface area (Å²) in [7, 11) is -3.13. The molecular formula is C3H13BNO3P. The molecular weight excluding hydrogens is 140 g/mol. The molecule has 0 saturated carbocycles. The fourth-order valence-electron chi connectivity index (χ4n) is 0. The lowest BCUT2D eigenvalue weighted by Gasteiger charge is -1.61. The largest absolute Gasteiger partial charge is 0.327 e. The number of hydrogen-bond acceptors (Lipinski definition) is 2. The zero-order valence-electron chi connectivity index (χ0n) is 4.37. The number of hydrogen-bond donors (Lipinski definition) is 3. The van der Waals surface area contributed by atoms with Gasteiger partial charge < -0.3 is 15.5 Å². The van der Waals surface area contributed by atoms with Crippen molar-refractivity contribution in [2.75, 3.05) is 6.54 Å². The summed E-state index contributed by atoms with van der Waals surface area (Å²) < 4.78 is 8.74. The molecule has 0 aromatic carbocycles. The second kappa shape index (κ2) is 15.7. The standard InChI is InChI=1S/C3H7N.BH3.H3O3P/c1-2-3-4;;1-4(2)3/h2H,1,3-4H2;1H3;4H,(H2,1,2,3). The molecule has 0 aromatic rings. The quantitative estimate of drug-likeness (QED) is 0.238. The summed E-state index contributed by atoms with van der Waals surface area (Å²) in [6.45, 7) is 3.94. The van der Waals surface area contributed by atoms with E-state index in [0.29, 0.717) is 6.54 Å². The van der Waals surface area contributed by atoms with Crippen molar-refractivity contribution in [2.24, 2.45) is 5.73 Å². The lowest BCUT2D eigenvalue weighted by atomic mass is 10.7. The topological polar surface area (TPSA) is 83.6 Å². The van der Waals surface area contributed by atoms with Crippen LogP contribution < -0.4 is 5.73 Å². The average molecular weight is 153 g/mol. The van der Waals surface area contributed by atoms with Gasteiger partial charge in [-0.3, -0.25) is 4.57 Å². The number of nitrogens with two attached hydrogens (primary N) is 1. The SMILES string of the molecule is B.C=CCN.O=[PH](O)O. The first-order valence-electron chi connectivity index (χ1n) is 1.88. The summed E-state index contributed by atoms with van der Waals surface area (Å²) >= 11 is 0. The molecule has 0 amide bonds. The highest BCUT2D eigenvalue weighted by atomic mass is 31.1. The third kappa shape index (κ3) is 331. The van der Waals surface area contributed by atoms with E-state index in [-0.39, 0.29) is 8.41 Å². The van der Waals surface area contributed by atoms with E-state index in [1.807, 2.05) is 0 Å². The maximum Gasteiger partial charge on any atom is 0.314 e. The molecule has 0 aliphatic rings. The lowest BCUT2D eigenvalue weighted by Crippen LogP contribution is -1.90. The molecule has 0 unspecified atom stereocenters. The van der Waals surface area contributed by atoms with Crippen LogP contribution in [0.25, 0.3) is 0 Å². The summed E-state index contributed by atoms with van der Waals surface area (Å²) in [6.07, 6.45) is 1.65. The Morgan fingerprint density at radius 1 is 1.67 bits per heavy atom. The van der Waals surface area contributed by atoms with Crippen molar-refractivity contribution in [2.45, 2.75) is 0 Å². The van der Waals surface area contributed by atoms with Gasteiger partial charge in [-0.2, -0.15) is 0 Å². The predicted molar refractivity (Wildman–Crippen MR) is 42.6 cm³/mol. The molecule has 4 nitrogen and oxygen atoms in total. The summed E-state index contributed by atoms with van der Waals surface area (Å²) in [5.41, 5.74) is 4.91. The van der Waals surface area contributed by atoms with Crippen molar-refractivity contribution in [3.05, 3.63) is 12.7 Å². The predicted octanol–water partition coefficient (Wildman–Crippen LogP) is -1.69. The average Bonchev–Trinajstić information content (AvgIpc) is 1.65. The molecule has 0 aliphatic carbocycles. The highest BCUT2D eigenvalue weighted by Crippen LogP contribution is 1.98. The van der Waals surface area contributed by atoms with Crippen LogP contribution in [0.5, 0.6) is 0 Å². The van der Waals surface area contributed by atoms with E-state index in [1.54, 1.807) is 6.08 Å². The Morgan fingerprint density at radius 3 is 1.78 bits per heavy atom. The van der Waals surface area contributed by atoms with Gasteiger partial charge >= 0.3 is 8.25 Å². The fraction of sp³-hybridized carbons (Fsp3) is 0.333. The second-order valence-electron chi connectivity index (χ2n) is 0.807. The van der Waals surface area contributed by atoms with Gasteiger partial charge in [0.05, 0.1) is 8.41 Å². The molecule has 0 spiro atoms. The molecule has 4 N–H and O–H groups in total. The van der Waals surface area contributed by atoms with Gasteiger partial charge in [-0.05, 0) is 0 Å². The molecule has 0 fully saturated rings. The van der Waals surface area contributed by atoms with E-state index < -0.39 is 8.25 Å². The van der Waals surface area contributed by atoms with Gasteiger partial charge in [0.1, 0.15) is 0 Å². The Morgan fingerprint density at radius 2 is 1.78 bits per heavy atom. The third-order valence-electron chi connectivity index (χ3n) is 0.167. The van der Waals surface area contributed by atoms with Crippen LogP contribution in [-0.2, 0) is 4.57 Å². The van der Waals surface area contributed by atoms with Gasteiger partial charge in [-0.25, -0.2) is 0 Å². The van der Waals surface area contributed by atoms with Gasteiger partial charge in [0.2, 0.25) is 0 Å². The number of rotatable bonds is 1. The molecule has 0 atom stereocenters. The van der Waals surface area contributed by atoms with Crippen LogP contribution in [0.4, 0.5) is 0 Å². The van der Waals surface area contributed by atoms with E-state index in [9.17, 15) is 0 Å². The zero-order chi connectivity index (χ0) is 6.99. The van der Waals surface area contributed by atoms with Crippen LogP contribution in [0.15, 0.2) is 12.7 Å². The second-order valence-corrected chi connectivity index (χ2v) is 1.37. The Kier molecular flexibility index (Phi) is 27.8. The van der Waals surface area contributed by atoms with Gasteiger partial charge in [0.25, 0.3) is 0 Å². The van der Waals surface area contributed by atoms with Crippen LogP contribution >= 0.6 is 8.25 Å². The smallest absolute Gasteiger partial charge is 0.314 e. The van der Waals surface area contributed by atoms with Crippen LogP contribution in [0.3, 0.4) is 0 Å². The van der Waals surface area contributed by atoms with E-state index in [4.69, 9.17) is 20.1 Å². The molecule has 0 heterocycles. The monoisotopic (exact) mass is 153 g/mol. The minimum atomic E-state index is -3.13. The molecule has 0 bridgehead atoms. The maximum atomic E-state index is 8.74. The Labute approximate surface area is 56.9 Å². The van der Waals surface area contributed by atoms with E-state index in [1.165, 1.54) is 0 Å². The molecule has 9 heavy (non-hydrogen) atoms. The van der Waals surface area contributed by atoms with Gasteiger partial charge in [-0.1, -0.05) is 6.08 Å². The first-order valence-corrected chi connectivity index (χ1v) is 3.18. The molecule has 0 rings (SSSR count). The summed E-state index contributed by atoms with van der Waals surface area (Å²) in [6, 6.07) is 0. The van der Waals surface area contributed by atoms with Gasteiger partial charge in [0.15, 0.2) is 0 Å². The molecule has 0 radical (unpaired) electrons. The van der Waals surface area contributed by atoms with Crippen molar-refractivity contribution in [3.8, 4) is 0 Å². The first-order chi connectivity index (χ1) is 3.65. The van der Waals surface area contributed by atoms with Gasteiger partial charge in [-0.15, -0.1) is 6.58 Å². The normalized spacial score (nSPS) is 6.67. The zero-order valence-corrected chi connectivity index (χ0v) is 5.37. The van der Waals surface area contributed by atoms with Gasteiger partial charge in [0, 0.05) is 6.54 Å². The van der Waals surface area contributed by atoms with Crippen molar-refractivity contribution in [3.63, 3.8) is 0 Å². The molecule has 6 heteroatoms. The highest BCUT2D eigenvalue weighted by Gasteiger charge is 1.61. The van der Waals surface area contributed by atoms with E-state index in [2.05, 4.69) is 6.58 Å². The Balaban J connectivity index is -0.0000000720. The van der Waals surface area contributed by atoms with Crippen molar-refractivity contribution in [1.82, 2.24) is 0 Å². The summed E-state index contributed by atoms with van der Waals surface area (Å²) in [4.78, 5) is 14.3. The molecule has 0 aromatic heterocycles. The Bertz CT molecular complexity index is 75.5. The fourth-order valence-corrected chi connectivity index (χ4v) is 0. The minimum absolute atomic E-state index is 0. The van der Waals surface area contributed by atoms with Crippen molar-refractivity contribution < 1.29 is 14.4 Å². The van der Waals surface area contributed by atoms with Crippen molar-refractivity contribution in [1.29, 1.82) is 0 Å². The van der Waals surface area contributed by atoms with Crippen LogP contribution in [0.1, 0.15) is 0 Å². The third-order valence-corrected chi connectivity index (χ3v) is 0.167. The molecule has 0 saturated heterocycles. The molecule has 56 valence electrons. The van der Waals surface area contributed by atoms with Crippen LogP contribution in [0.2, 0.25) is 0 Å². The summed E-state index contributed by atoms with van der Waals surface area (Å²) in [5.74, 6) is 0. The maximum absolute atomic E-state index is 8.74. The molecule has 0 aliphatic heterocycles. The lowest BCUT2D eigenvalue weighted by molar-refractivity contribution is 0.405. The first kappa shape index (κ1) is 16.0. The van der Waals surface area contributed by atoms with Crippen LogP contribution in [0, 0.1) is 0 Å². The highest BCUT2D eigenvalue weighted by molar-refractivity contribution is 7.30. The van der Waals surface area contributed by atoms with Crippen molar-refractivity contribution >= 4 is 16.7 Å². The Hall–Kier alpha value is -0.0851.